The fourth-order valence-corrected chi connectivity index (χ4v) is 4.49. The zero-order valence-electron chi connectivity index (χ0n) is 21.9. The van der Waals surface area contributed by atoms with Crippen molar-refractivity contribution in [3.05, 3.63) is 113 Å². The highest BCUT2D eigenvalue weighted by atomic mass is 16.5. The number of ether oxygens (including phenoxy) is 2. The van der Waals surface area contributed by atoms with E-state index in [0.29, 0.717) is 45.4 Å². The predicted molar refractivity (Wildman–Crippen MR) is 151 cm³/mol. The van der Waals surface area contributed by atoms with E-state index in [-0.39, 0.29) is 11.8 Å². The van der Waals surface area contributed by atoms with Gasteiger partial charge in [-0.25, -0.2) is 0 Å². The second-order valence-electron chi connectivity index (χ2n) is 8.76. The Balaban J connectivity index is 1.74. The van der Waals surface area contributed by atoms with Crippen molar-refractivity contribution in [1.82, 2.24) is 5.32 Å². The average molecular weight is 510 g/mol. The van der Waals surface area contributed by atoms with Crippen LogP contribution < -0.4 is 25.4 Å². The zero-order chi connectivity index (χ0) is 27.1. The molecule has 0 aromatic heterocycles. The molecule has 0 unspecified atom stereocenters. The Labute approximate surface area is 222 Å². The molecule has 1 aliphatic heterocycles. The van der Waals surface area contributed by atoms with Crippen LogP contribution in [0.25, 0.3) is 6.08 Å². The molecule has 3 aromatic rings. The Morgan fingerprint density at radius 1 is 0.711 bits per heavy atom. The van der Waals surface area contributed by atoms with Crippen molar-refractivity contribution in [3.8, 4) is 11.5 Å². The Hall–Kier alpha value is -4.78. The summed E-state index contributed by atoms with van der Waals surface area (Å²) >= 11 is 0. The van der Waals surface area contributed by atoms with Gasteiger partial charge in [0.2, 0.25) is 0 Å². The molecule has 7 heteroatoms. The minimum Gasteiger partial charge on any atom is -0.495 e. The molecule has 0 aliphatic carbocycles. The number of allylic oxidation sites excluding steroid dienone is 3. The minimum atomic E-state index is -0.624. The molecule has 3 N–H and O–H groups in total. The van der Waals surface area contributed by atoms with Gasteiger partial charge in [0.15, 0.2) is 0 Å². The van der Waals surface area contributed by atoms with Crippen LogP contribution in [0.4, 0.5) is 11.4 Å². The Morgan fingerprint density at radius 2 is 1.16 bits per heavy atom. The molecule has 3 aromatic carbocycles. The van der Waals surface area contributed by atoms with Gasteiger partial charge < -0.3 is 25.4 Å². The number of carbonyl (C=O) groups excluding carboxylic acids is 2. The van der Waals surface area contributed by atoms with E-state index in [1.54, 1.807) is 38.5 Å². The molecule has 2 amide bonds. The van der Waals surface area contributed by atoms with Gasteiger partial charge >= 0.3 is 0 Å². The van der Waals surface area contributed by atoms with Crippen LogP contribution in [0, 0.1) is 5.92 Å². The summed E-state index contributed by atoms with van der Waals surface area (Å²) in [5.74, 6) is -0.212. The number of benzene rings is 3. The number of hydrogen-bond acceptors (Lipinski definition) is 5. The van der Waals surface area contributed by atoms with E-state index in [9.17, 15) is 9.59 Å². The molecule has 0 bridgehead atoms. The molecule has 0 radical (unpaired) electrons. The lowest BCUT2D eigenvalue weighted by Gasteiger charge is -2.29. The van der Waals surface area contributed by atoms with Crippen molar-refractivity contribution in [2.75, 3.05) is 24.9 Å². The van der Waals surface area contributed by atoms with Gasteiger partial charge in [-0.3, -0.25) is 9.59 Å². The fourth-order valence-electron chi connectivity index (χ4n) is 4.49. The van der Waals surface area contributed by atoms with Gasteiger partial charge in [-0.2, -0.15) is 0 Å². The first kappa shape index (κ1) is 26.3. The summed E-state index contributed by atoms with van der Waals surface area (Å²) in [6.07, 6.45) is 3.81. The smallest absolute Gasteiger partial charge is 0.254 e. The molecule has 1 heterocycles. The molecule has 0 fully saturated rings. The second-order valence-corrected chi connectivity index (χ2v) is 8.76. The van der Waals surface area contributed by atoms with Crippen LogP contribution in [0.15, 0.2) is 107 Å². The average Bonchev–Trinajstić information content (AvgIpc) is 2.92. The van der Waals surface area contributed by atoms with E-state index in [0.717, 1.165) is 5.56 Å². The first-order valence-electron chi connectivity index (χ1n) is 12.2. The monoisotopic (exact) mass is 509 g/mol. The van der Waals surface area contributed by atoms with Crippen molar-refractivity contribution >= 4 is 29.3 Å². The Kier molecular flexibility index (Phi) is 8.28. The molecule has 0 atom stereocenters. The standard InChI is InChI=1S/C31H31N3O4/c1-20-28(30(35)33-24-14-8-10-16-26(24)37-3)23(19-18-22-12-6-5-7-13-22)29(21(2)32-20)31(36)34-25-15-9-11-17-27(25)38-4/h5-19,23,32H,1-4H3,(H,33,35)(H,34,36). The number of nitrogens with one attached hydrogen (secondary N) is 3. The predicted octanol–water partition coefficient (Wildman–Crippen LogP) is 5.76. The first-order chi connectivity index (χ1) is 18.4. The summed E-state index contributed by atoms with van der Waals surface area (Å²) < 4.78 is 10.8. The number of anilines is 2. The molecule has 0 saturated heterocycles. The number of rotatable bonds is 8. The molecule has 1 aliphatic rings. The molecule has 38 heavy (non-hydrogen) atoms. The molecule has 0 spiro atoms. The van der Waals surface area contributed by atoms with E-state index in [1.165, 1.54) is 0 Å². The van der Waals surface area contributed by atoms with Crippen LogP contribution in [-0.2, 0) is 9.59 Å². The number of hydrogen-bond donors (Lipinski definition) is 3. The lowest BCUT2D eigenvalue weighted by Crippen LogP contribution is -2.35. The maximum absolute atomic E-state index is 13.7. The lowest BCUT2D eigenvalue weighted by atomic mass is 9.83. The number of dihydropyridines is 1. The summed E-state index contributed by atoms with van der Waals surface area (Å²) in [4.78, 5) is 27.5. The van der Waals surface area contributed by atoms with Gasteiger partial charge in [0, 0.05) is 28.5 Å². The van der Waals surface area contributed by atoms with Crippen molar-refractivity contribution in [1.29, 1.82) is 0 Å². The maximum Gasteiger partial charge on any atom is 0.254 e. The summed E-state index contributed by atoms with van der Waals surface area (Å²) in [5.41, 5.74) is 4.21. The van der Waals surface area contributed by atoms with Crippen LogP contribution in [-0.4, -0.2) is 26.0 Å². The highest BCUT2D eigenvalue weighted by Gasteiger charge is 2.34. The van der Waals surface area contributed by atoms with E-state index in [2.05, 4.69) is 16.0 Å². The number of methoxy groups -OCH3 is 2. The van der Waals surface area contributed by atoms with Gasteiger partial charge in [0.1, 0.15) is 11.5 Å². The second kappa shape index (κ2) is 12.0. The first-order valence-corrected chi connectivity index (χ1v) is 12.2. The van der Waals surface area contributed by atoms with Crippen molar-refractivity contribution < 1.29 is 19.1 Å². The van der Waals surface area contributed by atoms with E-state index >= 15 is 0 Å². The van der Waals surface area contributed by atoms with Crippen LogP contribution in [0.3, 0.4) is 0 Å². The van der Waals surface area contributed by atoms with E-state index in [4.69, 9.17) is 9.47 Å². The van der Waals surface area contributed by atoms with Crippen LogP contribution in [0.2, 0.25) is 0 Å². The van der Waals surface area contributed by atoms with Crippen molar-refractivity contribution in [2.24, 2.45) is 5.92 Å². The number of amides is 2. The summed E-state index contributed by atoms with van der Waals surface area (Å²) in [6.45, 7) is 3.66. The summed E-state index contributed by atoms with van der Waals surface area (Å²) in [6, 6.07) is 24.2. The SMILES string of the molecule is COc1ccccc1NC(=O)C1=C(C)NC(C)=C(C(=O)Nc2ccccc2OC)C1C=Cc1ccccc1. The normalized spacial score (nSPS) is 13.8. The molecular weight excluding hydrogens is 478 g/mol. The van der Waals surface area contributed by atoms with Gasteiger partial charge in [-0.05, 0) is 43.7 Å². The molecule has 0 saturated carbocycles. The van der Waals surface area contributed by atoms with Gasteiger partial charge in [0.25, 0.3) is 11.8 Å². The van der Waals surface area contributed by atoms with Crippen LogP contribution >= 0.6 is 0 Å². The van der Waals surface area contributed by atoms with Crippen molar-refractivity contribution in [2.45, 2.75) is 13.8 Å². The molecule has 194 valence electrons. The summed E-state index contributed by atoms with van der Waals surface area (Å²) in [5, 5.41) is 9.16. The maximum atomic E-state index is 13.7. The topological polar surface area (TPSA) is 88.7 Å². The van der Waals surface area contributed by atoms with Crippen LogP contribution in [0.5, 0.6) is 11.5 Å². The van der Waals surface area contributed by atoms with Crippen LogP contribution in [0.1, 0.15) is 19.4 Å². The third-order valence-electron chi connectivity index (χ3n) is 6.29. The summed E-state index contributed by atoms with van der Waals surface area (Å²) in [7, 11) is 3.10. The van der Waals surface area contributed by atoms with E-state index in [1.807, 2.05) is 80.6 Å². The Morgan fingerprint density at radius 3 is 1.63 bits per heavy atom. The minimum absolute atomic E-state index is 0.336. The lowest BCUT2D eigenvalue weighted by molar-refractivity contribution is -0.113. The zero-order valence-corrected chi connectivity index (χ0v) is 21.9. The van der Waals surface area contributed by atoms with E-state index < -0.39 is 5.92 Å². The Bertz CT molecular complexity index is 1340. The third kappa shape index (κ3) is 5.78. The van der Waals surface area contributed by atoms with Crippen molar-refractivity contribution in [3.63, 3.8) is 0 Å². The highest BCUT2D eigenvalue weighted by Crippen LogP contribution is 2.35. The number of para-hydroxylation sites is 4. The molecular formula is C31H31N3O4. The third-order valence-corrected chi connectivity index (χ3v) is 6.29. The molecule has 7 nitrogen and oxygen atoms in total. The fraction of sp³-hybridized carbons (Fsp3) is 0.161. The van der Waals surface area contributed by atoms with Gasteiger partial charge in [-0.15, -0.1) is 0 Å². The number of carbonyl (C=O) groups is 2. The largest absolute Gasteiger partial charge is 0.495 e. The quantitative estimate of drug-likeness (QED) is 0.359. The van der Waals surface area contributed by atoms with Gasteiger partial charge in [-0.1, -0.05) is 66.7 Å². The molecule has 4 rings (SSSR count). The highest BCUT2D eigenvalue weighted by molar-refractivity contribution is 6.11. The van der Waals surface area contributed by atoms with Gasteiger partial charge in [0.05, 0.1) is 25.6 Å².